The molecule has 0 saturated carbocycles. The smallest absolute Gasteiger partial charge is 0.223 e. The van der Waals surface area contributed by atoms with E-state index in [2.05, 4.69) is 25.9 Å². The number of aryl methyl sites for hydroxylation is 1. The van der Waals surface area contributed by atoms with Crippen LogP contribution >= 0.6 is 15.9 Å². The highest BCUT2D eigenvalue weighted by atomic mass is 79.9. The van der Waals surface area contributed by atoms with Crippen LogP contribution < -0.4 is 17.2 Å². The number of nitrogens with two attached hydrogens (primary N) is 3. The molecule has 0 saturated heterocycles. The normalized spacial score (nSPS) is 11.2. The van der Waals surface area contributed by atoms with Crippen molar-refractivity contribution in [2.24, 2.45) is 27.2 Å². The fourth-order valence-corrected chi connectivity index (χ4v) is 1.65. The Morgan fingerprint density at radius 2 is 1.94 bits per heavy atom. The van der Waals surface area contributed by atoms with Crippen molar-refractivity contribution in [3.05, 3.63) is 22.2 Å². The summed E-state index contributed by atoms with van der Waals surface area (Å²) in [4.78, 5) is 7.43. The number of hydrogen-bond acceptors (Lipinski definition) is 2. The molecule has 86 valence electrons. The molecule has 0 bridgehead atoms. The minimum absolute atomic E-state index is 0.0145. The van der Waals surface area contributed by atoms with Crippen LogP contribution in [0.15, 0.2) is 26.6 Å². The van der Waals surface area contributed by atoms with Crippen molar-refractivity contribution in [2.75, 3.05) is 0 Å². The van der Waals surface area contributed by atoms with Gasteiger partial charge in [0.2, 0.25) is 5.96 Å². The number of phenolic OH excluding ortho intramolecular Hbond substituents is 1. The summed E-state index contributed by atoms with van der Waals surface area (Å²) in [6.07, 6.45) is 0. The molecule has 0 spiro atoms. The molecule has 0 heterocycles. The number of rotatable bonds is 1. The van der Waals surface area contributed by atoms with Crippen LogP contribution in [0.2, 0.25) is 0 Å². The highest BCUT2D eigenvalue weighted by molar-refractivity contribution is 9.10. The Bertz CT molecular complexity index is 465. The summed E-state index contributed by atoms with van der Waals surface area (Å²) in [6.45, 7) is 1.86. The maximum absolute atomic E-state index is 9.68. The van der Waals surface area contributed by atoms with Crippen LogP contribution in [0.4, 0.5) is 5.69 Å². The van der Waals surface area contributed by atoms with E-state index >= 15 is 0 Å². The van der Waals surface area contributed by atoms with Gasteiger partial charge in [-0.05, 0) is 40.5 Å². The molecule has 0 amide bonds. The Morgan fingerprint density at radius 1 is 1.31 bits per heavy atom. The van der Waals surface area contributed by atoms with Gasteiger partial charge in [-0.3, -0.25) is 0 Å². The third kappa shape index (κ3) is 3.13. The Hall–Kier alpha value is -1.76. The molecule has 7 heteroatoms. The van der Waals surface area contributed by atoms with Gasteiger partial charge in [0.05, 0.1) is 4.47 Å². The lowest BCUT2D eigenvalue weighted by Crippen LogP contribution is -2.26. The van der Waals surface area contributed by atoms with Crippen LogP contribution in [0, 0.1) is 6.92 Å². The quantitative estimate of drug-likeness (QED) is 0.447. The average molecular weight is 286 g/mol. The molecule has 0 aliphatic carbocycles. The van der Waals surface area contributed by atoms with Crippen LogP contribution in [0.3, 0.4) is 0 Å². The number of hydrogen-bond donors (Lipinski definition) is 4. The molecule has 16 heavy (non-hydrogen) atoms. The van der Waals surface area contributed by atoms with Crippen molar-refractivity contribution >= 4 is 33.5 Å². The van der Waals surface area contributed by atoms with E-state index in [4.69, 9.17) is 17.2 Å². The van der Waals surface area contributed by atoms with Crippen molar-refractivity contribution in [2.45, 2.75) is 6.92 Å². The second kappa shape index (κ2) is 4.84. The second-order valence-corrected chi connectivity index (χ2v) is 3.98. The van der Waals surface area contributed by atoms with Crippen LogP contribution in [0.1, 0.15) is 5.56 Å². The van der Waals surface area contributed by atoms with Crippen molar-refractivity contribution in [1.29, 1.82) is 0 Å². The number of guanidine groups is 2. The highest BCUT2D eigenvalue weighted by Gasteiger charge is 2.06. The van der Waals surface area contributed by atoms with E-state index in [0.29, 0.717) is 10.2 Å². The van der Waals surface area contributed by atoms with Gasteiger partial charge in [-0.1, -0.05) is 0 Å². The zero-order valence-corrected chi connectivity index (χ0v) is 10.2. The molecule has 6 nitrogen and oxygen atoms in total. The van der Waals surface area contributed by atoms with Crippen molar-refractivity contribution in [3.63, 3.8) is 0 Å². The molecule has 0 atom stereocenters. The lowest BCUT2D eigenvalue weighted by Gasteiger charge is -2.03. The van der Waals surface area contributed by atoms with Crippen LogP contribution in [-0.4, -0.2) is 17.0 Å². The molecular formula is C9H12BrN5O. The van der Waals surface area contributed by atoms with E-state index < -0.39 is 0 Å². The van der Waals surface area contributed by atoms with Gasteiger partial charge in [-0.25, -0.2) is 4.99 Å². The zero-order valence-electron chi connectivity index (χ0n) is 8.61. The van der Waals surface area contributed by atoms with E-state index in [1.54, 1.807) is 12.1 Å². The van der Waals surface area contributed by atoms with Crippen molar-refractivity contribution in [3.8, 4) is 5.75 Å². The van der Waals surface area contributed by atoms with Crippen LogP contribution in [-0.2, 0) is 0 Å². The molecule has 1 rings (SSSR count). The summed E-state index contributed by atoms with van der Waals surface area (Å²) in [6, 6.07) is 3.42. The maximum Gasteiger partial charge on any atom is 0.223 e. The first-order valence-electron chi connectivity index (χ1n) is 4.33. The lowest BCUT2D eigenvalue weighted by atomic mass is 10.2. The van der Waals surface area contributed by atoms with E-state index in [0.717, 1.165) is 5.56 Å². The lowest BCUT2D eigenvalue weighted by molar-refractivity contribution is 0.473. The van der Waals surface area contributed by atoms with Crippen molar-refractivity contribution < 1.29 is 5.11 Å². The number of aromatic hydroxyl groups is 1. The highest BCUT2D eigenvalue weighted by Crippen LogP contribution is 2.35. The van der Waals surface area contributed by atoms with Gasteiger partial charge in [0, 0.05) is 0 Å². The number of nitrogens with zero attached hydrogens (tertiary/aromatic N) is 2. The first kappa shape index (κ1) is 12.3. The molecule has 7 N–H and O–H groups in total. The van der Waals surface area contributed by atoms with Gasteiger partial charge in [0.25, 0.3) is 0 Å². The number of aliphatic imine (C=N–C) groups is 2. The fraction of sp³-hybridized carbons (Fsp3) is 0.111. The first-order valence-corrected chi connectivity index (χ1v) is 5.12. The second-order valence-electron chi connectivity index (χ2n) is 3.12. The van der Waals surface area contributed by atoms with Crippen molar-refractivity contribution in [1.82, 2.24) is 0 Å². The van der Waals surface area contributed by atoms with Gasteiger partial charge in [0.1, 0.15) is 5.69 Å². The minimum atomic E-state index is -0.188. The largest absolute Gasteiger partial charge is 0.505 e. The minimum Gasteiger partial charge on any atom is -0.505 e. The Kier molecular flexibility index (Phi) is 3.73. The summed E-state index contributed by atoms with van der Waals surface area (Å²) in [5, 5.41) is 9.68. The molecule has 0 aromatic heterocycles. The standard InChI is InChI=1S/C9H12BrN5O/c1-4-2-5(10)7(16)6(3-4)14-9(13)15-8(11)12/h2-3,16H,1H3,(H6,11,12,13,14,15). The Labute approximate surface area is 101 Å². The van der Waals surface area contributed by atoms with Gasteiger partial charge in [-0.2, -0.15) is 4.99 Å². The molecule has 0 aliphatic heterocycles. The first-order chi connectivity index (χ1) is 7.40. The number of phenols is 1. The SMILES string of the molecule is Cc1cc(Br)c(O)c(N=C(N)N=C(N)N)c1. The average Bonchev–Trinajstić information content (AvgIpc) is 2.11. The van der Waals surface area contributed by atoms with E-state index in [1.165, 1.54) is 0 Å². The summed E-state index contributed by atoms with van der Waals surface area (Å²) < 4.78 is 0.531. The molecule has 1 aromatic rings. The van der Waals surface area contributed by atoms with E-state index in [9.17, 15) is 5.11 Å². The Balaban J connectivity index is 3.20. The maximum atomic E-state index is 9.68. The molecule has 1 aromatic carbocycles. The number of benzene rings is 1. The van der Waals surface area contributed by atoms with Gasteiger partial charge < -0.3 is 22.3 Å². The predicted molar refractivity (Wildman–Crippen MR) is 67.6 cm³/mol. The summed E-state index contributed by atoms with van der Waals surface area (Å²) >= 11 is 3.19. The summed E-state index contributed by atoms with van der Waals surface area (Å²) in [5.74, 6) is -0.320. The fourth-order valence-electron chi connectivity index (χ4n) is 1.08. The van der Waals surface area contributed by atoms with Gasteiger partial charge >= 0.3 is 0 Å². The van der Waals surface area contributed by atoms with E-state index in [-0.39, 0.29) is 17.7 Å². The van der Waals surface area contributed by atoms with Crippen LogP contribution in [0.25, 0.3) is 0 Å². The Morgan fingerprint density at radius 3 is 2.50 bits per heavy atom. The molecular weight excluding hydrogens is 274 g/mol. The predicted octanol–water partition coefficient (Wildman–Crippen LogP) is 0.683. The van der Waals surface area contributed by atoms with Gasteiger partial charge in [0.15, 0.2) is 11.7 Å². The molecule has 0 radical (unpaired) electrons. The van der Waals surface area contributed by atoms with E-state index in [1.807, 2.05) is 6.92 Å². The molecule has 0 aliphatic rings. The molecule has 0 fully saturated rings. The monoisotopic (exact) mass is 285 g/mol. The summed E-state index contributed by atoms with van der Waals surface area (Å²) in [5.41, 5.74) is 16.9. The zero-order chi connectivity index (χ0) is 12.3. The third-order valence-electron chi connectivity index (χ3n) is 1.67. The number of halogens is 1. The third-order valence-corrected chi connectivity index (χ3v) is 2.27. The summed E-state index contributed by atoms with van der Waals surface area (Å²) in [7, 11) is 0. The topological polar surface area (TPSA) is 123 Å². The van der Waals surface area contributed by atoms with Gasteiger partial charge in [-0.15, -0.1) is 0 Å². The van der Waals surface area contributed by atoms with Crippen LogP contribution in [0.5, 0.6) is 5.75 Å². The molecule has 0 unspecified atom stereocenters.